The number of anilines is 1. The molecule has 46 heavy (non-hydrogen) atoms. The summed E-state index contributed by atoms with van der Waals surface area (Å²) in [4.78, 5) is 45.9. The van der Waals surface area contributed by atoms with E-state index in [1.165, 1.54) is 47.5 Å². The van der Waals surface area contributed by atoms with Gasteiger partial charge in [-0.3, -0.25) is 20.0 Å². The molecule has 0 radical (unpaired) electrons. The van der Waals surface area contributed by atoms with Crippen LogP contribution >= 0.6 is 23.2 Å². The molecule has 1 aliphatic heterocycles. The molecule has 1 aliphatic rings. The van der Waals surface area contributed by atoms with E-state index in [2.05, 4.69) is 5.43 Å². The Hall–Kier alpha value is -4.00. The Morgan fingerprint density at radius 1 is 0.957 bits per heavy atom. The van der Waals surface area contributed by atoms with Crippen molar-refractivity contribution in [1.82, 2.24) is 15.3 Å². The summed E-state index contributed by atoms with van der Waals surface area (Å²) < 4.78 is 33.7. The zero-order valence-corrected chi connectivity index (χ0v) is 28.2. The van der Waals surface area contributed by atoms with Crippen molar-refractivity contribution in [3.63, 3.8) is 0 Å². The molecule has 1 N–H and O–H groups in total. The Bertz CT molecular complexity index is 1660. The van der Waals surface area contributed by atoms with Crippen molar-refractivity contribution in [2.45, 2.75) is 51.0 Å². The van der Waals surface area contributed by atoms with E-state index in [-0.39, 0.29) is 45.3 Å². The first kappa shape index (κ1) is 34.9. The number of sulfonamides is 1. The molecule has 1 saturated heterocycles. The molecular weight excluding hydrogens is 655 g/mol. The topological polar surface area (TPSA) is 126 Å². The molecule has 0 unspecified atom stereocenters. The largest absolute Gasteiger partial charge is 0.444 e. The van der Waals surface area contributed by atoms with Gasteiger partial charge >= 0.3 is 6.09 Å². The Morgan fingerprint density at radius 3 is 2.15 bits per heavy atom. The minimum atomic E-state index is -4.31. The Morgan fingerprint density at radius 2 is 1.59 bits per heavy atom. The molecular formula is C32H36Cl2N4O7S. The molecule has 3 aromatic carbocycles. The van der Waals surface area contributed by atoms with Crippen molar-refractivity contribution in [2.75, 3.05) is 24.1 Å². The molecule has 0 bridgehead atoms. The van der Waals surface area contributed by atoms with Crippen LogP contribution in [-0.2, 0) is 19.6 Å². The van der Waals surface area contributed by atoms with Crippen LogP contribution in [0.5, 0.6) is 5.75 Å². The molecule has 3 aromatic rings. The lowest BCUT2D eigenvalue weighted by Gasteiger charge is -2.34. The maximum atomic E-state index is 13.8. The van der Waals surface area contributed by atoms with E-state index in [4.69, 9.17) is 32.8 Å². The van der Waals surface area contributed by atoms with Gasteiger partial charge in [0.15, 0.2) is 5.75 Å². The minimum Gasteiger partial charge on any atom is -0.444 e. The first-order valence-corrected chi connectivity index (χ1v) is 16.8. The molecule has 0 saturated carbocycles. The van der Waals surface area contributed by atoms with Crippen LogP contribution in [0.25, 0.3) is 0 Å². The van der Waals surface area contributed by atoms with Gasteiger partial charge in [0.1, 0.15) is 5.60 Å². The highest BCUT2D eigenvalue weighted by Crippen LogP contribution is 2.32. The van der Waals surface area contributed by atoms with Gasteiger partial charge in [-0.15, -0.1) is 0 Å². The number of hydrazine groups is 1. The number of para-hydroxylation sites is 1. The van der Waals surface area contributed by atoms with Crippen LogP contribution in [-0.4, -0.2) is 61.5 Å². The van der Waals surface area contributed by atoms with Gasteiger partial charge in [0.2, 0.25) is 5.91 Å². The van der Waals surface area contributed by atoms with E-state index in [1.807, 2.05) is 0 Å². The summed E-state index contributed by atoms with van der Waals surface area (Å²) in [5.41, 5.74) is 2.36. The third-order valence-electron chi connectivity index (χ3n) is 6.99. The van der Waals surface area contributed by atoms with Crippen LogP contribution in [0.1, 0.15) is 50.9 Å². The molecule has 246 valence electrons. The van der Waals surface area contributed by atoms with Gasteiger partial charge in [0.05, 0.1) is 15.6 Å². The Balaban J connectivity index is 1.44. The smallest absolute Gasteiger partial charge is 0.410 e. The van der Waals surface area contributed by atoms with E-state index in [9.17, 15) is 22.8 Å². The number of amides is 3. The maximum absolute atomic E-state index is 13.8. The molecule has 14 heteroatoms. The molecule has 0 atom stereocenters. The number of carbonyl (C=O) groups is 3. The van der Waals surface area contributed by atoms with Crippen LogP contribution in [0.15, 0.2) is 77.7 Å². The van der Waals surface area contributed by atoms with Crippen LogP contribution in [0.4, 0.5) is 10.5 Å². The molecule has 3 amide bonds. The quantitative estimate of drug-likeness (QED) is 0.274. The SMILES string of the molecule is CCN(NC(=O)c1ccc(S(=O)(=O)N(Oc2ccc(Cl)cc2Cl)c2ccccc2)cc1)C(=O)C1CCN(C(=O)OC(C)(C)C)CC1. The summed E-state index contributed by atoms with van der Waals surface area (Å²) in [5, 5.41) is 1.70. The second kappa shape index (κ2) is 14.6. The lowest BCUT2D eigenvalue weighted by atomic mass is 9.96. The van der Waals surface area contributed by atoms with Crippen LogP contribution < -0.4 is 14.7 Å². The lowest BCUT2D eigenvalue weighted by molar-refractivity contribution is -0.139. The average Bonchev–Trinajstić information content (AvgIpc) is 3.02. The van der Waals surface area contributed by atoms with E-state index in [0.29, 0.717) is 31.0 Å². The number of halogens is 2. The molecule has 1 heterocycles. The fourth-order valence-corrected chi connectivity index (χ4v) is 6.33. The molecule has 1 fully saturated rings. The first-order chi connectivity index (χ1) is 21.7. The third kappa shape index (κ3) is 8.62. The van der Waals surface area contributed by atoms with Crippen molar-refractivity contribution >= 4 is 56.8 Å². The van der Waals surface area contributed by atoms with Crippen molar-refractivity contribution < 1.29 is 32.4 Å². The standard InChI is InChI=1S/C32H36Cl2N4O7S/c1-5-37(30(40)23-17-19-36(20-18-23)31(41)44-32(2,3)4)35-29(39)22-11-14-26(15-12-22)46(42,43)38(25-9-7-6-8-10-25)45-28-16-13-24(33)21-27(28)34/h6-16,21,23H,5,17-20H2,1-4H3,(H,35,39). The van der Waals surface area contributed by atoms with Gasteiger partial charge in [0, 0.05) is 36.1 Å². The monoisotopic (exact) mass is 690 g/mol. The van der Waals surface area contributed by atoms with E-state index in [1.54, 1.807) is 62.9 Å². The highest BCUT2D eigenvalue weighted by Gasteiger charge is 2.33. The fourth-order valence-electron chi connectivity index (χ4n) is 4.64. The summed E-state index contributed by atoms with van der Waals surface area (Å²) in [7, 11) is -4.31. The summed E-state index contributed by atoms with van der Waals surface area (Å²) in [6.07, 6.45) is 0.438. The average molecular weight is 692 g/mol. The third-order valence-corrected chi connectivity index (χ3v) is 9.11. The fraction of sp³-hybridized carbons (Fsp3) is 0.344. The van der Waals surface area contributed by atoms with Gasteiger partial charge in [0.25, 0.3) is 15.9 Å². The number of rotatable bonds is 8. The number of hydrogen-bond acceptors (Lipinski definition) is 7. The zero-order chi connectivity index (χ0) is 33.6. The summed E-state index contributed by atoms with van der Waals surface area (Å²) in [6.45, 7) is 8.05. The zero-order valence-electron chi connectivity index (χ0n) is 25.9. The van der Waals surface area contributed by atoms with Crippen LogP contribution in [0.2, 0.25) is 10.0 Å². The summed E-state index contributed by atoms with van der Waals surface area (Å²) in [5.74, 6) is -1.18. The molecule has 4 rings (SSSR count). The molecule has 11 nitrogen and oxygen atoms in total. The lowest BCUT2D eigenvalue weighted by Crippen LogP contribution is -2.51. The number of hydrogen-bond donors (Lipinski definition) is 1. The molecule has 0 aliphatic carbocycles. The van der Waals surface area contributed by atoms with Crippen molar-refractivity contribution in [2.24, 2.45) is 5.92 Å². The molecule has 0 spiro atoms. The number of benzene rings is 3. The minimum absolute atomic E-state index is 0.0642. The predicted octanol–water partition coefficient (Wildman–Crippen LogP) is 6.32. The highest BCUT2D eigenvalue weighted by molar-refractivity contribution is 7.92. The second-order valence-electron chi connectivity index (χ2n) is 11.5. The Labute approximate surface area is 278 Å². The van der Waals surface area contributed by atoms with E-state index >= 15 is 0 Å². The predicted molar refractivity (Wildman–Crippen MR) is 175 cm³/mol. The normalized spacial score (nSPS) is 13.9. The Kier molecular flexibility index (Phi) is 11.1. The summed E-state index contributed by atoms with van der Waals surface area (Å²) in [6, 6.07) is 17.8. The van der Waals surface area contributed by atoms with Crippen molar-refractivity contribution in [3.8, 4) is 5.75 Å². The number of nitrogens with one attached hydrogen (secondary N) is 1. The number of piperidine rings is 1. The van der Waals surface area contributed by atoms with Gasteiger partial charge in [-0.1, -0.05) is 45.9 Å². The maximum Gasteiger partial charge on any atom is 0.410 e. The first-order valence-electron chi connectivity index (χ1n) is 14.6. The number of likely N-dealkylation sites (tertiary alicyclic amines) is 1. The summed E-state index contributed by atoms with van der Waals surface area (Å²) >= 11 is 12.2. The van der Waals surface area contributed by atoms with Gasteiger partial charge in [-0.2, -0.15) is 8.42 Å². The van der Waals surface area contributed by atoms with Crippen LogP contribution in [0.3, 0.4) is 0 Å². The number of carbonyl (C=O) groups excluding carboxylic acids is 3. The molecule has 0 aromatic heterocycles. The van der Waals surface area contributed by atoms with Gasteiger partial charge in [-0.05, 0) is 95.1 Å². The number of ether oxygens (including phenoxy) is 1. The van der Waals surface area contributed by atoms with Gasteiger partial charge in [-0.25, -0.2) is 4.79 Å². The van der Waals surface area contributed by atoms with Crippen LogP contribution in [0, 0.1) is 5.92 Å². The van der Waals surface area contributed by atoms with E-state index in [0.717, 1.165) is 4.47 Å². The van der Waals surface area contributed by atoms with Crippen molar-refractivity contribution in [3.05, 3.63) is 88.4 Å². The van der Waals surface area contributed by atoms with Crippen molar-refractivity contribution in [1.29, 1.82) is 0 Å². The number of nitrogens with zero attached hydrogens (tertiary/aromatic N) is 3. The van der Waals surface area contributed by atoms with Gasteiger partial charge < -0.3 is 14.5 Å². The second-order valence-corrected chi connectivity index (χ2v) is 14.1. The van der Waals surface area contributed by atoms with E-state index < -0.39 is 27.6 Å². The highest BCUT2D eigenvalue weighted by atomic mass is 35.5.